The first-order valence-corrected chi connectivity index (χ1v) is 11.4. The van der Waals surface area contributed by atoms with Gasteiger partial charge >= 0.3 is 0 Å². The summed E-state index contributed by atoms with van der Waals surface area (Å²) in [5.74, 6) is -0.840. The Bertz CT molecular complexity index is 1010. The van der Waals surface area contributed by atoms with Crippen LogP contribution in [0.3, 0.4) is 0 Å². The van der Waals surface area contributed by atoms with Gasteiger partial charge in [-0.05, 0) is 50.0 Å². The van der Waals surface area contributed by atoms with Gasteiger partial charge in [0.1, 0.15) is 17.3 Å². The number of carbonyl (C=O) groups is 2. The molecule has 3 rings (SSSR count). The Morgan fingerprint density at radius 1 is 1.28 bits per heavy atom. The Morgan fingerprint density at radius 2 is 2.00 bits per heavy atom. The predicted molar refractivity (Wildman–Crippen MR) is 124 cm³/mol. The fourth-order valence-corrected chi connectivity index (χ4v) is 4.51. The molecule has 0 fully saturated rings. The van der Waals surface area contributed by atoms with Gasteiger partial charge in [0.2, 0.25) is 5.91 Å². The van der Waals surface area contributed by atoms with Crippen molar-refractivity contribution in [3.05, 3.63) is 40.4 Å². The van der Waals surface area contributed by atoms with Crippen molar-refractivity contribution in [1.82, 2.24) is 19.8 Å². The van der Waals surface area contributed by atoms with Gasteiger partial charge in [0, 0.05) is 37.5 Å². The first kappa shape index (κ1) is 24.4. The van der Waals surface area contributed by atoms with E-state index in [0.717, 1.165) is 18.7 Å². The quantitative estimate of drug-likeness (QED) is 0.639. The SMILES string of the molecule is CNC(=O)[C@@H](CC(=O)c1nc(-c2cc(Cl)ccc2F)n2c1CN(C)CCC2)CC(C)(C)C. The molecule has 2 aromatic rings. The van der Waals surface area contributed by atoms with Crippen molar-refractivity contribution in [2.24, 2.45) is 11.3 Å². The third kappa shape index (κ3) is 5.56. The van der Waals surface area contributed by atoms with Gasteiger partial charge < -0.3 is 14.8 Å². The molecular weight excluding hydrogens is 431 g/mol. The van der Waals surface area contributed by atoms with Crippen LogP contribution < -0.4 is 5.32 Å². The fraction of sp³-hybridized carbons (Fsp3) is 0.542. The van der Waals surface area contributed by atoms with Crippen LogP contribution in [0.15, 0.2) is 18.2 Å². The molecule has 1 N–H and O–H groups in total. The molecule has 2 heterocycles. The highest BCUT2D eigenvalue weighted by atomic mass is 35.5. The first-order valence-electron chi connectivity index (χ1n) is 11.0. The summed E-state index contributed by atoms with van der Waals surface area (Å²) in [6, 6.07) is 4.35. The van der Waals surface area contributed by atoms with Crippen LogP contribution in [0, 0.1) is 17.2 Å². The second-order valence-electron chi connectivity index (χ2n) is 9.80. The molecule has 0 bridgehead atoms. The third-order valence-electron chi connectivity index (χ3n) is 5.75. The van der Waals surface area contributed by atoms with Crippen LogP contribution in [0.4, 0.5) is 4.39 Å². The summed E-state index contributed by atoms with van der Waals surface area (Å²) in [6.07, 6.45) is 1.49. The highest BCUT2D eigenvalue weighted by Gasteiger charge is 2.31. The molecule has 8 heteroatoms. The number of nitrogens with zero attached hydrogens (tertiary/aromatic N) is 3. The van der Waals surface area contributed by atoms with Gasteiger partial charge in [-0.15, -0.1) is 0 Å². The number of aromatic nitrogens is 2. The Hall–Kier alpha value is -2.25. The molecule has 0 aliphatic carbocycles. The number of halogens is 2. The Kier molecular flexibility index (Phi) is 7.40. The van der Waals surface area contributed by atoms with Gasteiger partial charge in [-0.25, -0.2) is 9.37 Å². The lowest BCUT2D eigenvalue weighted by atomic mass is 9.81. The van der Waals surface area contributed by atoms with Crippen molar-refractivity contribution in [3.8, 4) is 11.4 Å². The number of nitrogens with one attached hydrogen (secondary N) is 1. The molecule has 1 aliphatic rings. The van der Waals surface area contributed by atoms with E-state index in [9.17, 15) is 14.0 Å². The van der Waals surface area contributed by atoms with Crippen LogP contribution in [0.5, 0.6) is 0 Å². The predicted octanol–water partition coefficient (Wildman–Crippen LogP) is 4.55. The third-order valence-corrected chi connectivity index (χ3v) is 5.99. The molecule has 6 nitrogen and oxygen atoms in total. The average molecular weight is 463 g/mol. The average Bonchev–Trinajstić information content (AvgIpc) is 2.94. The number of Topliss-reactive ketones (excluding diaryl/α,β-unsaturated/α-hetero) is 1. The molecule has 0 saturated heterocycles. The lowest BCUT2D eigenvalue weighted by Gasteiger charge is -2.24. The summed E-state index contributed by atoms with van der Waals surface area (Å²) in [5, 5.41) is 3.08. The number of hydrogen-bond donors (Lipinski definition) is 1. The zero-order valence-corrected chi connectivity index (χ0v) is 20.2. The number of amides is 1. The van der Waals surface area contributed by atoms with Gasteiger partial charge in [-0.3, -0.25) is 9.59 Å². The van der Waals surface area contributed by atoms with Crippen LogP contribution in [0.1, 0.15) is 56.2 Å². The second kappa shape index (κ2) is 9.71. The zero-order valence-electron chi connectivity index (χ0n) is 19.5. The van der Waals surface area contributed by atoms with E-state index >= 15 is 0 Å². The summed E-state index contributed by atoms with van der Waals surface area (Å²) in [6.45, 7) is 8.15. The second-order valence-corrected chi connectivity index (χ2v) is 10.2. The number of rotatable bonds is 6. The van der Waals surface area contributed by atoms with E-state index in [0.29, 0.717) is 36.1 Å². The van der Waals surface area contributed by atoms with Crippen molar-refractivity contribution in [2.45, 2.75) is 53.1 Å². The number of carbonyl (C=O) groups excluding carboxylic acids is 2. The first-order chi connectivity index (χ1) is 15.0. The van der Waals surface area contributed by atoms with E-state index in [1.165, 1.54) is 12.1 Å². The van der Waals surface area contributed by atoms with Crippen LogP contribution in [0.25, 0.3) is 11.4 Å². The van der Waals surface area contributed by atoms with Crippen molar-refractivity contribution < 1.29 is 14.0 Å². The molecule has 32 heavy (non-hydrogen) atoms. The van der Waals surface area contributed by atoms with E-state index in [1.54, 1.807) is 13.1 Å². The molecule has 1 aromatic heterocycles. The number of benzene rings is 1. The van der Waals surface area contributed by atoms with Gasteiger partial charge in [-0.2, -0.15) is 0 Å². The van der Waals surface area contributed by atoms with E-state index in [-0.39, 0.29) is 29.1 Å². The van der Waals surface area contributed by atoms with Gasteiger partial charge in [0.25, 0.3) is 0 Å². The van der Waals surface area contributed by atoms with Gasteiger partial charge in [0.15, 0.2) is 5.78 Å². The van der Waals surface area contributed by atoms with Crippen LogP contribution in [-0.4, -0.2) is 46.8 Å². The molecule has 0 saturated carbocycles. The monoisotopic (exact) mass is 462 g/mol. The highest BCUT2D eigenvalue weighted by Crippen LogP contribution is 2.32. The minimum absolute atomic E-state index is 0.0577. The highest BCUT2D eigenvalue weighted by molar-refractivity contribution is 6.30. The Labute approximate surface area is 194 Å². The van der Waals surface area contributed by atoms with E-state index in [1.807, 2.05) is 32.4 Å². The molecule has 1 aromatic carbocycles. The Balaban J connectivity index is 2.05. The maximum Gasteiger partial charge on any atom is 0.223 e. The smallest absolute Gasteiger partial charge is 0.223 e. The molecule has 0 unspecified atom stereocenters. The molecular formula is C24H32ClFN4O2. The van der Waals surface area contributed by atoms with Crippen molar-refractivity contribution in [1.29, 1.82) is 0 Å². The van der Waals surface area contributed by atoms with Crippen LogP contribution in [-0.2, 0) is 17.9 Å². The molecule has 0 spiro atoms. The molecule has 1 amide bonds. The maximum absolute atomic E-state index is 14.7. The lowest BCUT2D eigenvalue weighted by Crippen LogP contribution is -2.32. The molecule has 1 aliphatic heterocycles. The fourth-order valence-electron chi connectivity index (χ4n) is 4.34. The summed E-state index contributed by atoms with van der Waals surface area (Å²) >= 11 is 6.13. The standard InChI is InChI=1S/C24H32ClFN4O2/c1-24(2,3)13-15(23(32)27-4)11-20(31)21-19-14-29(5)9-6-10-30(19)22(28-21)17-12-16(25)7-8-18(17)26/h7-8,12,15H,6,9-11,13-14H2,1-5H3,(H,27,32)/t15-/m0/s1. The summed E-state index contributed by atoms with van der Waals surface area (Å²) < 4.78 is 16.6. The topological polar surface area (TPSA) is 67.2 Å². The number of imidazole rings is 1. The van der Waals surface area contributed by atoms with E-state index in [4.69, 9.17) is 11.6 Å². The van der Waals surface area contributed by atoms with Crippen molar-refractivity contribution in [3.63, 3.8) is 0 Å². The van der Waals surface area contributed by atoms with Crippen LogP contribution >= 0.6 is 11.6 Å². The van der Waals surface area contributed by atoms with E-state index in [2.05, 4.69) is 15.2 Å². The van der Waals surface area contributed by atoms with Gasteiger partial charge in [0.05, 0.1) is 11.3 Å². The molecule has 0 radical (unpaired) electrons. The summed E-state index contributed by atoms with van der Waals surface area (Å²) in [5.41, 5.74) is 1.24. The normalized spacial score (nSPS) is 15.7. The number of fused-ring (bicyclic) bond motifs is 1. The number of ketones is 1. The van der Waals surface area contributed by atoms with Crippen LogP contribution in [0.2, 0.25) is 5.02 Å². The molecule has 1 atom stereocenters. The summed E-state index contributed by atoms with van der Waals surface area (Å²) in [7, 11) is 3.57. The maximum atomic E-state index is 14.7. The zero-order chi connectivity index (χ0) is 23.6. The summed E-state index contributed by atoms with van der Waals surface area (Å²) in [4.78, 5) is 32.7. The Morgan fingerprint density at radius 3 is 2.66 bits per heavy atom. The van der Waals surface area contributed by atoms with Crippen molar-refractivity contribution in [2.75, 3.05) is 20.6 Å². The molecule has 174 valence electrons. The van der Waals surface area contributed by atoms with E-state index < -0.39 is 11.7 Å². The lowest BCUT2D eigenvalue weighted by molar-refractivity contribution is -0.125. The van der Waals surface area contributed by atoms with Crippen molar-refractivity contribution >= 4 is 23.3 Å². The number of hydrogen-bond acceptors (Lipinski definition) is 4. The largest absolute Gasteiger partial charge is 0.359 e. The minimum atomic E-state index is -0.459. The van der Waals surface area contributed by atoms with Gasteiger partial charge in [-0.1, -0.05) is 32.4 Å². The minimum Gasteiger partial charge on any atom is -0.359 e.